The van der Waals surface area contributed by atoms with Crippen LogP contribution in [0.25, 0.3) is 0 Å². The maximum atomic E-state index is 11.8. The molecule has 2 unspecified atom stereocenters. The Hall–Kier alpha value is -1.08. The van der Waals surface area contributed by atoms with Gasteiger partial charge in [-0.15, -0.1) is 0 Å². The second-order valence-electron chi connectivity index (χ2n) is 4.39. The highest BCUT2D eigenvalue weighted by molar-refractivity contribution is 5.76. The molecule has 1 aliphatic rings. The molecule has 0 radical (unpaired) electrons. The molecule has 0 aromatic heterocycles. The number of carbonyl (C=O) groups is 1. The van der Waals surface area contributed by atoms with Crippen LogP contribution in [0.2, 0.25) is 0 Å². The van der Waals surface area contributed by atoms with Crippen molar-refractivity contribution in [2.75, 3.05) is 13.7 Å². The maximum absolute atomic E-state index is 11.8. The Kier molecular flexibility index (Phi) is 5.27. The molecule has 1 fully saturated rings. The molecule has 0 spiro atoms. The minimum Gasteiger partial charge on any atom is -0.378 e. The lowest BCUT2D eigenvalue weighted by molar-refractivity contribution is -0.132. The Morgan fingerprint density at radius 1 is 1.69 bits per heavy atom. The molecule has 1 saturated heterocycles. The zero-order valence-electron chi connectivity index (χ0n) is 10.1. The second kappa shape index (κ2) is 6.49. The molecule has 4 heteroatoms. The molecule has 0 aromatic rings. The van der Waals surface area contributed by atoms with Crippen molar-refractivity contribution in [3.8, 4) is 6.07 Å². The quantitative estimate of drug-likeness (QED) is 0.714. The van der Waals surface area contributed by atoms with Crippen LogP contribution < -0.4 is 0 Å². The smallest absolute Gasteiger partial charge is 0.222 e. The van der Waals surface area contributed by atoms with Crippen LogP contribution in [-0.4, -0.2) is 36.6 Å². The monoisotopic (exact) mass is 224 g/mol. The topological polar surface area (TPSA) is 53.3 Å². The van der Waals surface area contributed by atoms with Gasteiger partial charge in [-0.3, -0.25) is 4.79 Å². The summed E-state index contributed by atoms with van der Waals surface area (Å²) in [6.07, 6.45) is 4.18. The number of rotatable bonds is 5. The van der Waals surface area contributed by atoms with Crippen LogP contribution in [0.3, 0.4) is 0 Å². The summed E-state index contributed by atoms with van der Waals surface area (Å²) in [5, 5.41) is 8.56. The molecule has 0 N–H and O–H groups in total. The van der Waals surface area contributed by atoms with Gasteiger partial charge in [-0.2, -0.15) is 5.26 Å². The molecular weight excluding hydrogens is 204 g/mol. The number of nitrogens with zero attached hydrogens (tertiary/aromatic N) is 2. The SMILES string of the molecule is CC(CC#N)N(C)C(=O)CCC1CCCO1. The van der Waals surface area contributed by atoms with Crippen molar-refractivity contribution in [1.29, 1.82) is 5.26 Å². The Labute approximate surface area is 97.2 Å². The van der Waals surface area contributed by atoms with E-state index >= 15 is 0 Å². The average Bonchev–Trinajstić information content (AvgIpc) is 2.78. The highest BCUT2D eigenvalue weighted by Gasteiger charge is 2.20. The highest BCUT2D eigenvalue weighted by atomic mass is 16.5. The Morgan fingerprint density at radius 3 is 3.00 bits per heavy atom. The maximum Gasteiger partial charge on any atom is 0.222 e. The van der Waals surface area contributed by atoms with Crippen molar-refractivity contribution in [3.63, 3.8) is 0 Å². The standard InChI is InChI=1S/C12H20N2O2/c1-10(7-8-13)14(2)12(15)6-5-11-4-3-9-16-11/h10-11H,3-7,9H2,1-2H3. The second-order valence-corrected chi connectivity index (χ2v) is 4.39. The number of nitriles is 1. The minimum absolute atomic E-state index is 0.00185. The molecule has 1 heterocycles. The highest BCUT2D eigenvalue weighted by Crippen LogP contribution is 2.17. The molecule has 16 heavy (non-hydrogen) atoms. The zero-order chi connectivity index (χ0) is 12.0. The van der Waals surface area contributed by atoms with Crippen LogP contribution in [-0.2, 0) is 9.53 Å². The fourth-order valence-electron chi connectivity index (χ4n) is 1.85. The molecule has 2 atom stereocenters. The summed E-state index contributed by atoms with van der Waals surface area (Å²) in [7, 11) is 1.76. The van der Waals surface area contributed by atoms with Crippen molar-refractivity contribution < 1.29 is 9.53 Å². The summed E-state index contributed by atoms with van der Waals surface area (Å²) >= 11 is 0. The van der Waals surface area contributed by atoms with E-state index in [-0.39, 0.29) is 18.1 Å². The van der Waals surface area contributed by atoms with E-state index in [1.54, 1.807) is 11.9 Å². The molecule has 1 aliphatic heterocycles. The van der Waals surface area contributed by atoms with Gasteiger partial charge < -0.3 is 9.64 Å². The van der Waals surface area contributed by atoms with E-state index in [0.717, 1.165) is 25.9 Å². The number of amides is 1. The van der Waals surface area contributed by atoms with E-state index in [4.69, 9.17) is 10.00 Å². The molecule has 0 aromatic carbocycles. The lowest BCUT2D eigenvalue weighted by atomic mass is 10.1. The van der Waals surface area contributed by atoms with Crippen molar-refractivity contribution in [2.24, 2.45) is 0 Å². The molecule has 0 aliphatic carbocycles. The third kappa shape index (κ3) is 3.82. The summed E-state index contributed by atoms with van der Waals surface area (Å²) in [5.41, 5.74) is 0. The molecular formula is C12H20N2O2. The Bertz CT molecular complexity index is 267. The number of hydrogen-bond donors (Lipinski definition) is 0. The van der Waals surface area contributed by atoms with Crippen LogP contribution in [0.4, 0.5) is 0 Å². The first-order chi connectivity index (χ1) is 7.65. The molecule has 1 rings (SSSR count). The van der Waals surface area contributed by atoms with Crippen LogP contribution in [0.1, 0.15) is 39.0 Å². The normalized spacial score (nSPS) is 21.4. The lowest BCUT2D eigenvalue weighted by Crippen LogP contribution is -2.35. The number of hydrogen-bond acceptors (Lipinski definition) is 3. The minimum atomic E-state index is 0.00185. The van der Waals surface area contributed by atoms with Crippen LogP contribution in [0, 0.1) is 11.3 Å². The third-order valence-electron chi connectivity index (χ3n) is 3.15. The van der Waals surface area contributed by atoms with Crippen molar-refractivity contribution >= 4 is 5.91 Å². The van der Waals surface area contributed by atoms with E-state index < -0.39 is 0 Å². The van der Waals surface area contributed by atoms with Gasteiger partial charge in [0, 0.05) is 26.1 Å². The summed E-state index contributed by atoms with van der Waals surface area (Å²) in [6, 6.07) is 2.08. The number of ether oxygens (including phenoxy) is 1. The van der Waals surface area contributed by atoms with E-state index in [1.165, 1.54) is 0 Å². The van der Waals surface area contributed by atoms with E-state index in [1.807, 2.05) is 6.92 Å². The first-order valence-corrected chi connectivity index (χ1v) is 5.89. The van der Waals surface area contributed by atoms with Gasteiger partial charge >= 0.3 is 0 Å². The molecule has 1 amide bonds. The Balaban J connectivity index is 2.25. The van der Waals surface area contributed by atoms with E-state index in [0.29, 0.717) is 12.8 Å². The average molecular weight is 224 g/mol. The van der Waals surface area contributed by atoms with Gasteiger partial charge in [0.2, 0.25) is 5.91 Å². The fourth-order valence-corrected chi connectivity index (χ4v) is 1.85. The summed E-state index contributed by atoms with van der Waals surface area (Å²) in [5.74, 6) is 0.109. The van der Waals surface area contributed by atoms with Crippen LogP contribution >= 0.6 is 0 Å². The van der Waals surface area contributed by atoms with Gasteiger partial charge in [-0.25, -0.2) is 0 Å². The molecule has 0 saturated carbocycles. The molecule has 0 bridgehead atoms. The lowest BCUT2D eigenvalue weighted by Gasteiger charge is -2.23. The molecule has 4 nitrogen and oxygen atoms in total. The third-order valence-corrected chi connectivity index (χ3v) is 3.15. The van der Waals surface area contributed by atoms with Gasteiger partial charge in [0.1, 0.15) is 0 Å². The van der Waals surface area contributed by atoms with E-state index in [9.17, 15) is 4.79 Å². The fraction of sp³-hybridized carbons (Fsp3) is 0.833. The first kappa shape index (κ1) is 13.0. The first-order valence-electron chi connectivity index (χ1n) is 5.89. The van der Waals surface area contributed by atoms with Crippen molar-refractivity contribution in [2.45, 2.75) is 51.2 Å². The van der Waals surface area contributed by atoms with Crippen molar-refractivity contribution in [3.05, 3.63) is 0 Å². The largest absolute Gasteiger partial charge is 0.378 e. The zero-order valence-corrected chi connectivity index (χ0v) is 10.1. The van der Waals surface area contributed by atoms with E-state index in [2.05, 4.69) is 6.07 Å². The predicted molar refractivity (Wildman–Crippen MR) is 60.7 cm³/mol. The number of carbonyl (C=O) groups excluding carboxylic acids is 1. The van der Waals surface area contributed by atoms with Crippen LogP contribution in [0.5, 0.6) is 0 Å². The summed E-state index contributed by atoms with van der Waals surface area (Å²) < 4.78 is 5.47. The van der Waals surface area contributed by atoms with Gasteiger partial charge in [-0.05, 0) is 26.2 Å². The van der Waals surface area contributed by atoms with Gasteiger partial charge in [0.25, 0.3) is 0 Å². The summed E-state index contributed by atoms with van der Waals surface area (Å²) in [4.78, 5) is 13.4. The Morgan fingerprint density at radius 2 is 2.44 bits per heavy atom. The van der Waals surface area contributed by atoms with Gasteiger partial charge in [0.05, 0.1) is 18.6 Å². The predicted octanol–water partition coefficient (Wildman–Crippen LogP) is 1.71. The van der Waals surface area contributed by atoms with Crippen LogP contribution in [0.15, 0.2) is 0 Å². The van der Waals surface area contributed by atoms with Crippen molar-refractivity contribution in [1.82, 2.24) is 4.90 Å². The molecule has 90 valence electrons. The van der Waals surface area contributed by atoms with Gasteiger partial charge in [-0.1, -0.05) is 0 Å². The summed E-state index contributed by atoms with van der Waals surface area (Å²) in [6.45, 7) is 2.73. The van der Waals surface area contributed by atoms with Gasteiger partial charge in [0.15, 0.2) is 0 Å².